The van der Waals surface area contributed by atoms with Gasteiger partial charge in [-0.1, -0.05) is 6.92 Å². The highest BCUT2D eigenvalue weighted by Gasteiger charge is 2.27. The molecule has 0 bridgehead atoms. The molecule has 1 heterocycles. The number of piperazine rings is 1. The number of aliphatic imine (C=N–C) groups is 1. The van der Waals surface area contributed by atoms with E-state index in [9.17, 15) is 0 Å². The summed E-state index contributed by atoms with van der Waals surface area (Å²) in [4.78, 5) is 7.42. The highest BCUT2D eigenvalue weighted by atomic mass is 15.2. The Bertz CT molecular complexity index is 358. The Kier molecular flexibility index (Phi) is 4.21. The smallest absolute Gasteiger partial charge is 0.104 e. The maximum atomic E-state index is 4.91. The van der Waals surface area contributed by atoms with Gasteiger partial charge in [0.1, 0.15) is 5.84 Å². The normalized spacial score (nSPS) is 25.8. The van der Waals surface area contributed by atoms with Crippen LogP contribution in [0.2, 0.25) is 0 Å². The van der Waals surface area contributed by atoms with Crippen LogP contribution < -0.4 is 5.32 Å². The molecule has 3 nitrogen and oxygen atoms in total. The lowest BCUT2D eigenvalue weighted by Crippen LogP contribution is -2.46. The summed E-state index contributed by atoms with van der Waals surface area (Å²) in [7, 11) is 0. The van der Waals surface area contributed by atoms with E-state index in [-0.39, 0.29) is 0 Å². The van der Waals surface area contributed by atoms with Gasteiger partial charge in [0.05, 0.1) is 0 Å². The van der Waals surface area contributed by atoms with Gasteiger partial charge >= 0.3 is 0 Å². The van der Waals surface area contributed by atoms with Gasteiger partial charge in [-0.15, -0.1) is 0 Å². The van der Waals surface area contributed by atoms with Gasteiger partial charge in [-0.25, -0.2) is 4.99 Å². The zero-order valence-corrected chi connectivity index (χ0v) is 12.2. The fourth-order valence-electron chi connectivity index (χ4n) is 2.86. The lowest BCUT2D eigenvalue weighted by atomic mass is 10.1. The number of amidine groups is 1. The zero-order valence-electron chi connectivity index (χ0n) is 12.2. The van der Waals surface area contributed by atoms with Crippen molar-refractivity contribution in [1.82, 2.24) is 10.2 Å². The fourth-order valence-corrected chi connectivity index (χ4v) is 2.86. The van der Waals surface area contributed by atoms with Crippen molar-refractivity contribution in [1.29, 1.82) is 0 Å². The molecule has 0 aromatic carbocycles. The second-order valence-corrected chi connectivity index (χ2v) is 6.26. The van der Waals surface area contributed by atoms with E-state index in [1.807, 2.05) is 0 Å². The Morgan fingerprint density at radius 3 is 2.53 bits per heavy atom. The van der Waals surface area contributed by atoms with Gasteiger partial charge in [0.2, 0.25) is 0 Å². The molecular formula is C16H27N3. The van der Waals surface area contributed by atoms with Crippen molar-refractivity contribution < 1.29 is 0 Å². The summed E-state index contributed by atoms with van der Waals surface area (Å²) in [6.07, 6.45) is 10.2. The van der Waals surface area contributed by atoms with Crippen molar-refractivity contribution in [2.45, 2.75) is 45.4 Å². The van der Waals surface area contributed by atoms with Crippen LogP contribution in [0.25, 0.3) is 0 Å². The minimum absolute atomic E-state index is 0.860. The van der Waals surface area contributed by atoms with E-state index in [4.69, 9.17) is 4.99 Å². The second kappa shape index (κ2) is 6.08. The van der Waals surface area contributed by atoms with Crippen LogP contribution in [0.5, 0.6) is 0 Å². The van der Waals surface area contributed by atoms with Crippen molar-refractivity contribution in [2.75, 3.05) is 26.2 Å². The monoisotopic (exact) mass is 261 g/mol. The molecule has 0 spiro atoms. The van der Waals surface area contributed by atoms with Gasteiger partial charge in [-0.3, -0.25) is 0 Å². The molecule has 2 aliphatic carbocycles. The Morgan fingerprint density at radius 1 is 1.21 bits per heavy atom. The van der Waals surface area contributed by atoms with Crippen molar-refractivity contribution in [2.24, 2.45) is 16.8 Å². The zero-order chi connectivity index (χ0) is 13.1. The Balaban J connectivity index is 1.68. The van der Waals surface area contributed by atoms with E-state index in [0.29, 0.717) is 0 Å². The van der Waals surface area contributed by atoms with Crippen molar-refractivity contribution in [3.8, 4) is 0 Å². The van der Waals surface area contributed by atoms with Gasteiger partial charge in [0, 0.05) is 38.8 Å². The summed E-state index contributed by atoms with van der Waals surface area (Å²) in [5, 5.41) is 3.43. The standard InChI is InChI=1S/C16H27N3/c1-2-14(15-5-6-15)12-18-16(11-13-3-4-13)19-9-7-17-8-10-19/h12-13,15,17H,2-11H2,1H3/b14-12+,18-16?. The summed E-state index contributed by atoms with van der Waals surface area (Å²) < 4.78 is 0. The first-order chi connectivity index (χ1) is 9.36. The molecule has 0 amide bonds. The number of nitrogens with zero attached hydrogens (tertiary/aromatic N) is 2. The molecule has 2 saturated carbocycles. The van der Waals surface area contributed by atoms with Crippen LogP contribution in [-0.4, -0.2) is 36.9 Å². The summed E-state index contributed by atoms with van der Waals surface area (Å²) in [5.41, 5.74) is 1.57. The van der Waals surface area contributed by atoms with E-state index in [1.165, 1.54) is 44.4 Å². The third-order valence-corrected chi connectivity index (χ3v) is 4.54. The van der Waals surface area contributed by atoms with Crippen molar-refractivity contribution >= 4 is 5.84 Å². The Hall–Kier alpha value is -0.830. The Labute approximate surface area is 117 Å². The van der Waals surface area contributed by atoms with Crippen LogP contribution in [0.3, 0.4) is 0 Å². The first-order valence-corrected chi connectivity index (χ1v) is 8.08. The van der Waals surface area contributed by atoms with Gasteiger partial charge in [-0.05, 0) is 49.5 Å². The molecule has 0 unspecified atom stereocenters. The van der Waals surface area contributed by atoms with Gasteiger partial charge in [0.25, 0.3) is 0 Å². The van der Waals surface area contributed by atoms with Crippen LogP contribution >= 0.6 is 0 Å². The summed E-state index contributed by atoms with van der Waals surface area (Å²) >= 11 is 0. The highest BCUT2D eigenvalue weighted by molar-refractivity contribution is 5.83. The average molecular weight is 261 g/mol. The van der Waals surface area contributed by atoms with E-state index in [2.05, 4.69) is 23.3 Å². The first-order valence-electron chi connectivity index (χ1n) is 8.08. The molecule has 1 aliphatic heterocycles. The molecule has 3 aliphatic rings. The predicted molar refractivity (Wildman–Crippen MR) is 80.3 cm³/mol. The maximum Gasteiger partial charge on any atom is 0.104 e. The minimum Gasteiger partial charge on any atom is -0.358 e. The van der Waals surface area contributed by atoms with E-state index in [0.717, 1.165) is 38.0 Å². The molecule has 0 radical (unpaired) electrons. The number of nitrogens with one attached hydrogen (secondary N) is 1. The third kappa shape index (κ3) is 3.82. The number of hydrogen-bond donors (Lipinski definition) is 1. The number of rotatable bonds is 5. The van der Waals surface area contributed by atoms with Gasteiger partial charge in [0.15, 0.2) is 0 Å². The van der Waals surface area contributed by atoms with E-state index < -0.39 is 0 Å². The lowest BCUT2D eigenvalue weighted by molar-refractivity contribution is 0.350. The van der Waals surface area contributed by atoms with Gasteiger partial charge in [-0.2, -0.15) is 0 Å². The SMILES string of the molecule is CC/C(=C\N=C(CC1CC1)N1CCNCC1)C1CC1. The topological polar surface area (TPSA) is 27.6 Å². The van der Waals surface area contributed by atoms with Crippen molar-refractivity contribution in [3.63, 3.8) is 0 Å². The molecular weight excluding hydrogens is 234 g/mol. The number of hydrogen-bond acceptors (Lipinski definition) is 2. The molecule has 0 atom stereocenters. The molecule has 0 aromatic heterocycles. The Morgan fingerprint density at radius 2 is 1.95 bits per heavy atom. The van der Waals surface area contributed by atoms with Crippen LogP contribution in [-0.2, 0) is 0 Å². The van der Waals surface area contributed by atoms with Crippen LogP contribution in [0.1, 0.15) is 45.4 Å². The van der Waals surface area contributed by atoms with Crippen LogP contribution in [0.4, 0.5) is 0 Å². The van der Waals surface area contributed by atoms with E-state index >= 15 is 0 Å². The quantitative estimate of drug-likeness (QED) is 0.609. The van der Waals surface area contributed by atoms with Gasteiger partial charge < -0.3 is 10.2 Å². The second-order valence-electron chi connectivity index (χ2n) is 6.26. The molecule has 106 valence electrons. The molecule has 3 rings (SSSR count). The van der Waals surface area contributed by atoms with Crippen LogP contribution in [0, 0.1) is 11.8 Å². The number of allylic oxidation sites excluding steroid dienone is 1. The fraction of sp³-hybridized carbons (Fsp3) is 0.812. The molecule has 3 heteroatoms. The summed E-state index contributed by atoms with van der Waals surface area (Å²) in [6.45, 7) is 6.74. The predicted octanol–water partition coefficient (Wildman–Crippen LogP) is 2.79. The summed E-state index contributed by atoms with van der Waals surface area (Å²) in [6, 6.07) is 0. The lowest BCUT2D eigenvalue weighted by Gasteiger charge is -2.30. The first kappa shape index (κ1) is 13.2. The third-order valence-electron chi connectivity index (χ3n) is 4.54. The maximum absolute atomic E-state index is 4.91. The molecule has 3 fully saturated rings. The average Bonchev–Trinajstić information content (AvgIpc) is 3.33. The van der Waals surface area contributed by atoms with Crippen molar-refractivity contribution in [3.05, 3.63) is 11.8 Å². The van der Waals surface area contributed by atoms with E-state index in [1.54, 1.807) is 5.57 Å². The van der Waals surface area contributed by atoms with Crippen LogP contribution in [0.15, 0.2) is 16.8 Å². The molecule has 1 N–H and O–H groups in total. The largest absolute Gasteiger partial charge is 0.358 e. The molecule has 0 aromatic rings. The molecule has 1 saturated heterocycles. The highest BCUT2D eigenvalue weighted by Crippen LogP contribution is 2.38. The minimum atomic E-state index is 0.860. The summed E-state index contributed by atoms with van der Waals surface area (Å²) in [5.74, 6) is 3.14. The molecule has 19 heavy (non-hydrogen) atoms.